The molecule has 0 aliphatic rings. The van der Waals surface area contributed by atoms with Crippen molar-refractivity contribution in [1.29, 1.82) is 0 Å². The molecule has 2 atom stereocenters. The highest BCUT2D eigenvalue weighted by Gasteiger charge is 2.17. The van der Waals surface area contributed by atoms with E-state index in [1.165, 1.54) is 12.8 Å². The number of rotatable bonds is 6. The summed E-state index contributed by atoms with van der Waals surface area (Å²) >= 11 is 0. The minimum atomic E-state index is -0.109. The van der Waals surface area contributed by atoms with Crippen LogP contribution in [0.5, 0.6) is 0 Å². The maximum atomic E-state index is 5.47. The molecule has 0 spiro atoms. The van der Waals surface area contributed by atoms with Gasteiger partial charge in [-0.3, -0.25) is 0 Å². The van der Waals surface area contributed by atoms with Crippen molar-refractivity contribution in [3.8, 4) is 12.3 Å². The van der Waals surface area contributed by atoms with Gasteiger partial charge in [0.2, 0.25) is 0 Å². The summed E-state index contributed by atoms with van der Waals surface area (Å²) < 4.78 is 0. The van der Waals surface area contributed by atoms with Gasteiger partial charge in [0.1, 0.15) is 0 Å². The first-order valence-electron chi connectivity index (χ1n) is 5.30. The molecular weight excluding hydrogens is 158 g/mol. The van der Waals surface area contributed by atoms with Crippen LogP contribution >= 0.6 is 0 Å². The third kappa shape index (κ3) is 4.95. The van der Waals surface area contributed by atoms with Gasteiger partial charge in [-0.1, -0.05) is 33.1 Å². The molecule has 0 heterocycles. The van der Waals surface area contributed by atoms with Crippen LogP contribution in [-0.2, 0) is 0 Å². The second-order valence-corrected chi connectivity index (χ2v) is 4.10. The zero-order valence-corrected chi connectivity index (χ0v) is 9.48. The Kier molecular flexibility index (Phi) is 5.82. The van der Waals surface area contributed by atoms with Crippen LogP contribution in [0.3, 0.4) is 0 Å². The molecule has 1 N–H and O–H groups in total. The second kappa shape index (κ2) is 6.05. The Hall–Kier alpha value is -0.480. The molecule has 0 aromatic heterocycles. The van der Waals surface area contributed by atoms with Crippen LogP contribution < -0.4 is 5.32 Å². The normalized spacial score (nSPS) is 17.5. The molecule has 13 heavy (non-hydrogen) atoms. The van der Waals surface area contributed by atoms with Crippen molar-refractivity contribution in [2.24, 2.45) is 5.92 Å². The molecule has 0 aliphatic carbocycles. The van der Waals surface area contributed by atoms with Gasteiger partial charge in [-0.15, -0.1) is 6.42 Å². The van der Waals surface area contributed by atoms with E-state index in [2.05, 4.69) is 38.9 Å². The van der Waals surface area contributed by atoms with Gasteiger partial charge in [-0.2, -0.15) is 0 Å². The molecule has 0 saturated heterocycles. The molecule has 2 unspecified atom stereocenters. The van der Waals surface area contributed by atoms with Crippen LogP contribution in [0.15, 0.2) is 0 Å². The van der Waals surface area contributed by atoms with Crippen molar-refractivity contribution >= 4 is 0 Å². The summed E-state index contributed by atoms with van der Waals surface area (Å²) in [6.07, 6.45) is 8.98. The first-order valence-corrected chi connectivity index (χ1v) is 5.30. The predicted molar refractivity (Wildman–Crippen MR) is 59.6 cm³/mol. The van der Waals surface area contributed by atoms with Gasteiger partial charge in [0, 0.05) is 0 Å². The Labute approximate surface area is 83.3 Å². The topological polar surface area (TPSA) is 12.0 Å². The van der Waals surface area contributed by atoms with Crippen molar-refractivity contribution in [1.82, 2.24) is 5.32 Å². The summed E-state index contributed by atoms with van der Waals surface area (Å²) in [7, 11) is 0. The molecule has 0 aromatic rings. The van der Waals surface area contributed by atoms with Gasteiger partial charge in [0.15, 0.2) is 0 Å². The zero-order valence-electron chi connectivity index (χ0n) is 9.48. The third-order valence-corrected chi connectivity index (χ3v) is 2.65. The molecule has 76 valence electrons. The number of hydrogen-bond donors (Lipinski definition) is 1. The number of hydrogen-bond acceptors (Lipinski definition) is 1. The van der Waals surface area contributed by atoms with E-state index in [1.807, 2.05) is 0 Å². The van der Waals surface area contributed by atoms with Gasteiger partial charge in [0.25, 0.3) is 0 Å². The molecule has 0 aliphatic heterocycles. The fourth-order valence-corrected chi connectivity index (χ4v) is 1.27. The van der Waals surface area contributed by atoms with Crippen LogP contribution in [0.4, 0.5) is 0 Å². The van der Waals surface area contributed by atoms with Gasteiger partial charge in [-0.25, -0.2) is 0 Å². The fraction of sp³-hybridized carbons (Fsp3) is 0.833. The van der Waals surface area contributed by atoms with Crippen LogP contribution in [0.2, 0.25) is 0 Å². The molecule has 0 amide bonds. The maximum absolute atomic E-state index is 5.47. The largest absolute Gasteiger partial charge is 0.301 e. The van der Waals surface area contributed by atoms with Crippen LogP contribution in [0.25, 0.3) is 0 Å². The first-order chi connectivity index (χ1) is 6.08. The zero-order chi connectivity index (χ0) is 10.3. The molecule has 0 rings (SSSR count). The van der Waals surface area contributed by atoms with Crippen molar-refractivity contribution in [3.05, 3.63) is 0 Å². The summed E-state index contributed by atoms with van der Waals surface area (Å²) in [4.78, 5) is 0. The van der Waals surface area contributed by atoms with Crippen molar-refractivity contribution in [2.75, 3.05) is 6.54 Å². The summed E-state index contributed by atoms with van der Waals surface area (Å²) in [5.41, 5.74) is -0.109. The fourth-order valence-electron chi connectivity index (χ4n) is 1.27. The van der Waals surface area contributed by atoms with Crippen molar-refractivity contribution in [3.63, 3.8) is 0 Å². The van der Waals surface area contributed by atoms with Crippen LogP contribution in [0, 0.1) is 18.3 Å². The van der Waals surface area contributed by atoms with E-state index in [0.717, 1.165) is 18.9 Å². The van der Waals surface area contributed by atoms with E-state index in [1.54, 1.807) is 0 Å². The SMILES string of the molecule is C#CC(C)(CC)NCC(C)CCC. The lowest BCUT2D eigenvalue weighted by Crippen LogP contribution is -2.42. The monoisotopic (exact) mass is 181 g/mol. The molecule has 0 bridgehead atoms. The Morgan fingerprint density at radius 3 is 2.46 bits per heavy atom. The number of terminal acetylenes is 1. The van der Waals surface area contributed by atoms with Gasteiger partial charge in [-0.05, 0) is 32.2 Å². The van der Waals surface area contributed by atoms with Gasteiger partial charge >= 0.3 is 0 Å². The first kappa shape index (κ1) is 12.5. The van der Waals surface area contributed by atoms with E-state index < -0.39 is 0 Å². The second-order valence-electron chi connectivity index (χ2n) is 4.10. The van der Waals surface area contributed by atoms with E-state index in [0.29, 0.717) is 0 Å². The molecule has 0 radical (unpaired) electrons. The van der Waals surface area contributed by atoms with Crippen molar-refractivity contribution < 1.29 is 0 Å². The molecule has 0 saturated carbocycles. The average molecular weight is 181 g/mol. The van der Waals surface area contributed by atoms with Crippen molar-refractivity contribution in [2.45, 2.75) is 52.5 Å². The van der Waals surface area contributed by atoms with E-state index >= 15 is 0 Å². The molecule has 1 heteroatoms. The predicted octanol–water partition coefficient (Wildman–Crippen LogP) is 2.81. The highest BCUT2D eigenvalue weighted by Crippen LogP contribution is 2.10. The van der Waals surface area contributed by atoms with Crippen LogP contribution in [0.1, 0.15) is 47.0 Å². The third-order valence-electron chi connectivity index (χ3n) is 2.65. The minimum absolute atomic E-state index is 0.109. The van der Waals surface area contributed by atoms with Gasteiger partial charge in [0.05, 0.1) is 5.54 Å². The molecule has 1 nitrogen and oxygen atoms in total. The summed E-state index contributed by atoms with van der Waals surface area (Å²) in [5.74, 6) is 3.54. The number of nitrogens with one attached hydrogen (secondary N) is 1. The minimum Gasteiger partial charge on any atom is -0.301 e. The molecular formula is C12H23N. The molecule has 0 aromatic carbocycles. The lowest BCUT2D eigenvalue weighted by atomic mass is 9.98. The average Bonchev–Trinajstić information content (AvgIpc) is 2.15. The van der Waals surface area contributed by atoms with Crippen LogP contribution in [-0.4, -0.2) is 12.1 Å². The Morgan fingerprint density at radius 1 is 1.46 bits per heavy atom. The standard InChI is InChI=1S/C12H23N/c1-6-9-11(4)10-13-12(5,7-2)8-3/h2,11,13H,6,8-10H2,1,3-5H3. The highest BCUT2D eigenvalue weighted by atomic mass is 15.0. The van der Waals surface area contributed by atoms with E-state index in [4.69, 9.17) is 6.42 Å². The van der Waals surface area contributed by atoms with E-state index in [-0.39, 0.29) is 5.54 Å². The highest BCUT2D eigenvalue weighted by molar-refractivity contribution is 5.09. The molecule has 0 fully saturated rings. The summed E-state index contributed by atoms with van der Waals surface area (Å²) in [6.45, 7) is 9.73. The summed E-state index contributed by atoms with van der Waals surface area (Å²) in [6, 6.07) is 0. The lowest BCUT2D eigenvalue weighted by Gasteiger charge is -2.25. The Bertz CT molecular complexity index is 168. The maximum Gasteiger partial charge on any atom is 0.0767 e. The Morgan fingerprint density at radius 2 is 2.08 bits per heavy atom. The van der Waals surface area contributed by atoms with Gasteiger partial charge < -0.3 is 5.32 Å². The lowest BCUT2D eigenvalue weighted by molar-refractivity contribution is 0.381. The van der Waals surface area contributed by atoms with E-state index in [9.17, 15) is 0 Å². The Balaban J connectivity index is 3.80. The summed E-state index contributed by atoms with van der Waals surface area (Å²) in [5, 5.41) is 3.44. The smallest absolute Gasteiger partial charge is 0.0767 e. The quantitative estimate of drug-likeness (QED) is 0.621.